The molecule has 2 rings (SSSR count). The summed E-state index contributed by atoms with van der Waals surface area (Å²) in [5.41, 5.74) is -0.0772. The number of carbonyl (C=O) groups is 2. The molecule has 1 saturated heterocycles. The zero-order chi connectivity index (χ0) is 18.6. The van der Waals surface area contributed by atoms with Crippen molar-refractivity contribution in [2.24, 2.45) is 0 Å². The second-order valence-corrected chi connectivity index (χ2v) is 6.97. The first-order chi connectivity index (χ1) is 11.7. The molecule has 25 heavy (non-hydrogen) atoms. The van der Waals surface area contributed by atoms with Crippen LogP contribution in [0, 0.1) is 0 Å². The first-order valence-corrected chi connectivity index (χ1v) is 8.19. The molecule has 138 valence electrons. The molecular formula is C18H26N2O5. The van der Waals surface area contributed by atoms with Gasteiger partial charge in [-0.3, -0.25) is 4.79 Å². The monoisotopic (exact) mass is 350 g/mol. The summed E-state index contributed by atoms with van der Waals surface area (Å²) in [4.78, 5) is 26.3. The molecule has 0 unspecified atom stereocenters. The molecule has 1 aliphatic rings. The summed E-state index contributed by atoms with van der Waals surface area (Å²) < 4.78 is 16.0. The fraction of sp³-hybridized carbons (Fsp3) is 0.556. The molecule has 0 aromatic heterocycles. The van der Waals surface area contributed by atoms with Crippen LogP contribution in [0.4, 0.5) is 4.79 Å². The Morgan fingerprint density at radius 3 is 2.52 bits per heavy atom. The Bertz CT molecular complexity index is 626. The smallest absolute Gasteiger partial charge is 0.410 e. The minimum Gasteiger partial charge on any atom is -0.497 e. The second-order valence-electron chi connectivity index (χ2n) is 6.97. The summed E-state index contributed by atoms with van der Waals surface area (Å²) in [7, 11) is 3.11. The van der Waals surface area contributed by atoms with E-state index < -0.39 is 11.7 Å². The lowest BCUT2D eigenvalue weighted by Crippen LogP contribution is -2.44. The number of nitrogens with one attached hydrogen (secondary N) is 1. The molecule has 0 spiro atoms. The second kappa shape index (κ2) is 7.74. The van der Waals surface area contributed by atoms with Crippen molar-refractivity contribution in [1.82, 2.24) is 10.2 Å². The van der Waals surface area contributed by atoms with Crippen molar-refractivity contribution >= 4 is 12.0 Å². The lowest BCUT2D eigenvalue weighted by atomic mass is 10.1. The topological polar surface area (TPSA) is 77.1 Å². The number of carbonyl (C=O) groups excluding carboxylic acids is 2. The summed E-state index contributed by atoms with van der Waals surface area (Å²) in [6, 6.07) is 6.59. The zero-order valence-electron chi connectivity index (χ0n) is 15.4. The first kappa shape index (κ1) is 19.1. The van der Waals surface area contributed by atoms with E-state index >= 15 is 0 Å². The Hall–Kier alpha value is -2.28. The molecule has 1 aromatic carbocycles. The van der Waals surface area contributed by atoms with Crippen LogP contribution in [-0.4, -0.2) is 62.0 Å². The van der Waals surface area contributed by atoms with Gasteiger partial charge in [-0.25, -0.2) is 4.79 Å². The minimum absolute atomic E-state index is 0.239. The number of likely N-dealkylation sites (tertiary alicyclic amines) is 1. The van der Waals surface area contributed by atoms with Gasteiger partial charge in [0.25, 0.3) is 5.91 Å². The number of methoxy groups -OCH3 is 2. The molecular weight excluding hydrogens is 324 g/mol. The van der Waals surface area contributed by atoms with Crippen LogP contribution in [0.1, 0.15) is 31.1 Å². The molecule has 7 nitrogen and oxygen atoms in total. The van der Waals surface area contributed by atoms with Gasteiger partial charge in [-0.2, -0.15) is 0 Å². The third kappa shape index (κ3) is 5.09. The van der Waals surface area contributed by atoms with Crippen molar-refractivity contribution in [3.05, 3.63) is 29.8 Å². The SMILES string of the molecule is COc1cccc(C(=O)N[C@@H]2CN(C(=O)OC(C)(C)C)C[C@@H]2OC)c1. The Morgan fingerprint density at radius 1 is 1.20 bits per heavy atom. The average molecular weight is 350 g/mol. The van der Waals surface area contributed by atoms with E-state index in [4.69, 9.17) is 14.2 Å². The van der Waals surface area contributed by atoms with Gasteiger partial charge in [-0.05, 0) is 39.0 Å². The van der Waals surface area contributed by atoms with E-state index in [2.05, 4.69) is 5.32 Å². The van der Waals surface area contributed by atoms with Crippen LogP contribution in [0.25, 0.3) is 0 Å². The van der Waals surface area contributed by atoms with Gasteiger partial charge in [0.15, 0.2) is 0 Å². The molecule has 0 aliphatic carbocycles. The summed E-state index contributed by atoms with van der Waals surface area (Å²) in [5.74, 6) is 0.370. The van der Waals surface area contributed by atoms with E-state index in [0.29, 0.717) is 24.4 Å². The van der Waals surface area contributed by atoms with Crippen molar-refractivity contribution in [3.8, 4) is 5.75 Å². The van der Waals surface area contributed by atoms with Gasteiger partial charge in [0, 0.05) is 19.2 Å². The van der Waals surface area contributed by atoms with Gasteiger partial charge >= 0.3 is 6.09 Å². The van der Waals surface area contributed by atoms with Crippen LogP contribution in [0.5, 0.6) is 5.75 Å². The maximum atomic E-state index is 12.5. The lowest BCUT2D eigenvalue weighted by molar-refractivity contribution is 0.0252. The highest BCUT2D eigenvalue weighted by Crippen LogP contribution is 2.19. The minimum atomic E-state index is -0.568. The maximum Gasteiger partial charge on any atom is 0.410 e. The zero-order valence-corrected chi connectivity index (χ0v) is 15.4. The van der Waals surface area contributed by atoms with E-state index in [1.807, 2.05) is 20.8 Å². The normalized spacial score (nSPS) is 20.3. The average Bonchev–Trinajstić information content (AvgIpc) is 2.96. The molecule has 1 N–H and O–H groups in total. The van der Waals surface area contributed by atoms with Gasteiger partial charge in [0.05, 0.1) is 25.8 Å². The highest BCUT2D eigenvalue weighted by Gasteiger charge is 2.38. The Kier molecular flexibility index (Phi) is 5.89. The third-order valence-electron chi connectivity index (χ3n) is 3.87. The molecule has 1 aromatic rings. The van der Waals surface area contributed by atoms with Crippen molar-refractivity contribution in [3.63, 3.8) is 0 Å². The van der Waals surface area contributed by atoms with E-state index in [1.165, 1.54) is 0 Å². The van der Waals surface area contributed by atoms with Crippen LogP contribution in [0.2, 0.25) is 0 Å². The highest BCUT2D eigenvalue weighted by atomic mass is 16.6. The van der Waals surface area contributed by atoms with Crippen molar-refractivity contribution in [1.29, 1.82) is 0 Å². The van der Waals surface area contributed by atoms with Gasteiger partial charge in [-0.15, -0.1) is 0 Å². The van der Waals surface area contributed by atoms with Crippen LogP contribution in [0.3, 0.4) is 0 Å². The van der Waals surface area contributed by atoms with E-state index in [1.54, 1.807) is 43.4 Å². The largest absolute Gasteiger partial charge is 0.497 e. The number of rotatable bonds is 4. The number of hydrogen-bond donors (Lipinski definition) is 1. The molecule has 1 aliphatic heterocycles. The number of ether oxygens (including phenoxy) is 3. The van der Waals surface area contributed by atoms with Gasteiger partial charge in [0.1, 0.15) is 11.4 Å². The molecule has 1 fully saturated rings. The maximum absolute atomic E-state index is 12.5. The van der Waals surface area contributed by atoms with Gasteiger partial charge < -0.3 is 24.4 Å². The van der Waals surface area contributed by atoms with Crippen molar-refractivity contribution in [2.45, 2.75) is 38.5 Å². The summed E-state index contributed by atoms with van der Waals surface area (Å²) in [6.45, 7) is 6.15. The Labute approximate surface area is 148 Å². The number of amides is 2. The van der Waals surface area contributed by atoms with Crippen molar-refractivity contribution < 1.29 is 23.8 Å². The molecule has 2 amide bonds. The summed E-state index contributed by atoms with van der Waals surface area (Å²) in [5, 5.41) is 2.93. The van der Waals surface area contributed by atoms with Crippen molar-refractivity contribution in [2.75, 3.05) is 27.3 Å². The molecule has 7 heteroatoms. The quantitative estimate of drug-likeness (QED) is 0.899. The predicted molar refractivity (Wildman–Crippen MR) is 92.9 cm³/mol. The Balaban J connectivity index is 2.03. The van der Waals surface area contributed by atoms with E-state index in [0.717, 1.165) is 0 Å². The molecule has 2 atom stereocenters. The number of benzene rings is 1. The third-order valence-corrected chi connectivity index (χ3v) is 3.87. The van der Waals surface area contributed by atoms with Crippen LogP contribution in [-0.2, 0) is 9.47 Å². The molecule has 0 radical (unpaired) electrons. The summed E-state index contributed by atoms with van der Waals surface area (Å²) >= 11 is 0. The van der Waals surface area contributed by atoms with Crippen LogP contribution in [0.15, 0.2) is 24.3 Å². The molecule has 0 saturated carbocycles. The number of nitrogens with zero attached hydrogens (tertiary/aromatic N) is 1. The fourth-order valence-corrected chi connectivity index (χ4v) is 2.64. The predicted octanol–water partition coefficient (Wildman–Crippen LogP) is 2.06. The van der Waals surface area contributed by atoms with Gasteiger partial charge in [-0.1, -0.05) is 6.07 Å². The standard InChI is InChI=1S/C18H26N2O5/c1-18(2,3)25-17(22)20-10-14(15(11-20)24-5)19-16(21)12-7-6-8-13(9-12)23-4/h6-9,14-15H,10-11H2,1-5H3,(H,19,21)/t14-,15+/m1/s1. The first-order valence-electron chi connectivity index (χ1n) is 8.19. The lowest BCUT2D eigenvalue weighted by Gasteiger charge is -2.24. The van der Waals surface area contributed by atoms with Gasteiger partial charge in [0.2, 0.25) is 0 Å². The molecule has 1 heterocycles. The fourth-order valence-electron chi connectivity index (χ4n) is 2.64. The Morgan fingerprint density at radius 2 is 1.92 bits per heavy atom. The highest BCUT2D eigenvalue weighted by molar-refractivity contribution is 5.94. The van der Waals surface area contributed by atoms with E-state index in [9.17, 15) is 9.59 Å². The van der Waals surface area contributed by atoms with E-state index in [-0.39, 0.29) is 18.1 Å². The van der Waals surface area contributed by atoms with Crippen LogP contribution < -0.4 is 10.1 Å². The van der Waals surface area contributed by atoms with Crippen LogP contribution >= 0.6 is 0 Å². The molecule has 0 bridgehead atoms. The summed E-state index contributed by atoms with van der Waals surface area (Å²) in [6.07, 6.45) is -0.699. The number of hydrogen-bond acceptors (Lipinski definition) is 5.